The molecule has 1 aliphatic rings. The van der Waals surface area contributed by atoms with Crippen molar-refractivity contribution in [3.63, 3.8) is 0 Å². The van der Waals surface area contributed by atoms with Gasteiger partial charge in [0.05, 0.1) is 0 Å². The predicted molar refractivity (Wildman–Crippen MR) is 74.6 cm³/mol. The molecule has 2 heterocycles. The number of carbonyl (C=O) groups is 1. The zero-order valence-corrected chi connectivity index (χ0v) is 11.8. The van der Waals surface area contributed by atoms with E-state index < -0.39 is 0 Å². The number of likely N-dealkylation sites (N-methyl/N-ethyl adjacent to an activating group) is 2. The molecule has 5 heteroatoms. The van der Waals surface area contributed by atoms with Crippen LogP contribution in [-0.2, 0) is 11.3 Å². The van der Waals surface area contributed by atoms with Crippen LogP contribution in [0.3, 0.4) is 0 Å². The largest absolute Gasteiger partial charge is 0.335 e. The Labute approximate surface area is 114 Å². The van der Waals surface area contributed by atoms with Crippen molar-refractivity contribution in [1.82, 2.24) is 20.1 Å². The molecular formula is C14H22N4O. The quantitative estimate of drug-likeness (QED) is 0.849. The van der Waals surface area contributed by atoms with Gasteiger partial charge >= 0.3 is 0 Å². The maximum Gasteiger partial charge on any atom is 0.241 e. The lowest BCUT2D eigenvalue weighted by molar-refractivity contribution is -0.144. The van der Waals surface area contributed by atoms with E-state index in [1.807, 2.05) is 37.3 Å². The zero-order valence-electron chi connectivity index (χ0n) is 11.8. The van der Waals surface area contributed by atoms with Gasteiger partial charge in [-0.15, -0.1) is 0 Å². The Kier molecular flexibility index (Phi) is 4.50. The predicted octanol–water partition coefficient (Wildman–Crippen LogP) is 0.332. The molecule has 1 aliphatic heterocycles. The van der Waals surface area contributed by atoms with Crippen LogP contribution in [0.2, 0.25) is 0 Å². The van der Waals surface area contributed by atoms with Crippen molar-refractivity contribution in [2.24, 2.45) is 0 Å². The van der Waals surface area contributed by atoms with Crippen LogP contribution in [0.5, 0.6) is 0 Å². The second-order valence-electron chi connectivity index (χ2n) is 5.17. The van der Waals surface area contributed by atoms with E-state index in [1.165, 1.54) is 0 Å². The SMILES string of the molecule is CNCC1C(=O)N(Cc2cccnc2)CC(C)N1C. The van der Waals surface area contributed by atoms with Crippen LogP contribution in [0.15, 0.2) is 24.5 Å². The van der Waals surface area contributed by atoms with Crippen molar-refractivity contribution >= 4 is 5.91 Å². The molecule has 2 rings (SSSR count). The van der Waals surface area contributed by atoms with Crippen LogP contribution >= 0.6 is 0 Å². The number of pyridine rings is 1. The van der Waals surface area contributed by atoms with E-state index in [4.69, 9.17) is 0 Å². The Morgan fingerprint density at radius 2 is 2.32 bits per heavy atom. The van der Waals surface area contributed by atoms with Crippen LogP contribution in [0.4, 0.5) is 0 Å². The summed E-state index contributed by atoms with van der Waals surface area (Å²) in [5.74, 6) is 0.193. The Hall–Kier alpha value is -1.46. The molecule has 1 aromatic rings. The summed E-state index contributed by atoms with van der Waals surface area (Å²) in [6.07, 6.45) is 3.57. The molecule has 0 bridgehead atoms. The molecule has 1 fully saturated rings. The van der Waals surface area contributed by atoms with E-state index in [-0.39, 0.29) is 11.9 Å². The van der Waals surface area contributed by atoms with Crippen LogP contribution in [-0.4, -0.2) is 60.0 Å². The van der Waals surface area contributed by atoms with Crippen molar-refractivity contribution < 1.29 is 4.79 Å². The standard InChI is InChI=1S/C14H22N4O/c1-11-9-18(10-12-5-4-6-16-7-12)14(19)13(8-15-2)17(11)3/h4-7,11,13,15H,8-10H2,1-3H3. The van der Waals surface area contributed by atoms with Crippen molar-refractivity contribution in [2.75, 3.05) is 27.2 Å². The van der Waals surface area contributed by atoms with Gasteiger partial charge in [0, 0.05) is 38.1 Å². The lowest BCUT2D eigenvalue weighted by Gasteiger charge is -2.43. The first kappa shape index (κ1) is 14.0. The summed E-state index contributed by atoms with van der Waals surface area (Å²) in [5, 5.41) is 3.10. The van der Waals surface area contributed by atoms with E-state index in [0.717, 1.165) is 12.1 Å². The van der Waals surface area contributed by atoms with Gasteiger partial charge < -0.3 is 10.2 Å². The Morgan fingerprint density at radius 1 is 1.53 bits per heavy atom. The molecule has 5 nitrogen and oxygen atoms in total. The van der Waals surface area contributed by atoms with Gasteiger partial charge in [-0.2, -0.15) is 0 Å². The molecule has 2 unspecified atom stereocenters. The Bertz CT molecular complexity index is 423. The molecule has 0 saturated carbocycles. The molecule has 0 aliphatic carbocycles. The van der Waals surface area contributed by atoms with E-state index in [0.29, 0.717) is 19.1 Å². The van der Waals surface area contributed by atoms with E-state index in [9.17, 15) is 4.79 Å². The van der Waals surface area contributed by atoms with Gasteiger partial charge in [-0.1, -0.05) is 6.07 Å². The van der Waals surface area contributed by atoms with E-state index >= 15 is 0 Å². The summed E-state index contributed by atoms with van der Waals surface area (Å²) >= 11 is 0. The van der Waals surface area contributed by atoms with Crippen LogP contribution < -0.4 is 5.32 Å². The summed E-state index contributed by atoms with van der Waals surface area (Å²) in [7, 11) is 3.90. The van der Waals surface area contributed by atoms with Crippen LogP contribution in [0, 0.1) is 0 Å². The highest BCUT2D eigenvalue weighted by atomic mass is 16.2. The highest BCUT2D eigenvalue weighted by Gasteiger charge is 2.35. The fourth-order valence-electron chi connectivity index (χ4n) is 2.51. The van der Waals surface area contributed by atoms with Crippen molar-refractivity contribution in [2.45, 2.75) is 25.6 Å². The van der Waals surface area contributed by atoms with Gasteiger partial charge in [0.1, 0.15) is 6.04 Å². The molecular weight excluding hydrogens is 240 g/mol. The third kappa shape index (κ3) is 3.11. The first-order valence-electron chi connectivity index (χ1n) is 6.67. The third-order valence-electron chi connectivity index (χ3n) is 3.76. The highest BCUT2D eigenvalue weighted by molar-refractivity contribution is 5.83. The van der Waals surface area contributed by atoms with Crippen molar-refractivity contribution in [3.8, 4) is 0 Å². The van der Waals surface area contributed by atoms with Gasteiger partial charge in [0.2, 0.25) is 5.91 Å². The second-order valence-corrected chi connectivity index (χ2v) is 5.17. The molecule has 1 aromatic heterocycles. The topological polar surface area (TPSA) is 48.5 Å². The van der Waals surface area contributed by atoms with Crippen molar-refractivity contribution in [1.29, 1.82) is 0 Å². The van der Waals surface area contributed by atoms with E-state index in [1.54, 1.807) is 6.20 Å². The normalized spacial score (nSPS) is 24.8. The smallest absolute Gasteiger partial charge is 0.241 e. The molecule has 1 amide bonds. The average molecular weight is 262 g/mol. The first-order chi connectivity index (χ1) is 9.13. The minimum atomic E-state index is -0.0783. The summed E-state index contributed by atoms with van der Waals surface area (Å²) in [4.78, 5) is 20.7. The molecule has 19 heavy (non-hydrogen) atoms. The summed E-state index contributed by atoms with van der Waals surface area (Å²) in [6, 6.07) is 4.21. The Morgan fingerprint density at radius 3 is 2.95 bits per heavy atom. The number of hydrogen-bond acceptors (Lipinski definition) is 4. The number of piperazine rings is 1. The van der Waals surface area contributed by atoms with Crippen molar-refractivity contribution in [3.05, 3.63) is 30.1 Å². The molecule has 2 atom stereocenters. The number of nitrogens with one attached hydrogen (secondary N) is 1. The number of hydrogen-bond donors (Lipinski definition) is 1. The Balaban J connectivity index is 2.10. The summed E-state index contributed by atoms with van der Waals surface area (Å²) in [6.45, 7) is 4.25. The van der Waals surface area contributed by atoms with Gasteiger partial charge in [-0.3, -0.25) is 14.7 Å². The minimum absolute atomic E-state index is 0.0783. The summed E-state index contributed by atoms with van der Waals surface area (Å²) < 4.78 is 0. The number of amides is 1. The van der Waals surface area contributed by atoms with E-state index in [2.05, 4.69) is 22.1 Å². The monoisotopic (exact) mass is 262 g/mol. The number of rotatable bonds is 4. The molecule has 1 N–H and O–H groups in total. The van der Waals surface area contributed by atoms with Gasteiger partial charge in [0.15, 0.2) is 0 Å². The lowest BCUT2D eigenvalue weighted by Crippen LogP contribution is -2.61. The third-order valence-corrected chi connectivity index (χ3v) is 3.76. The highest BCUT2D eigenvalue weighted by Crippen LogP contribution is 2.17. The van der Waals surface area contributed by atoms with Crippen LogP contribution in [0.1, 0.15) is 12.5 Å². The molecule has 0 radical (unpaired) electrons. The maximum atomic E-state index is 12.5. The first-order valence-corrected chi connectivity index (χ1v) is 6.67. The lowest BCUT2D eigenvalue weighted by atomic mass is 10.1. The summed E-state index contributed by atoms with van der Waals surface area (Å²) in [5.41, 5.74) is 1.08. The van der Waals surface area contributed by atoms with Gasteiger partial charge in [-0.05, 0) is 32.6 Å². The molecule has 1 saturated heterocycles. The molecule has 0 spiro atoms. The van der Waals surface area contributed by atoms with Gasteiger partial charge in [-0.25, -0.2) is 0 Å². The number of nitrogens with zero attached hydrogens (tertiary/aromatic N) is 3. The second kappa shape index (κ2) is 6.12. The van der Waals surface area contributed by atoms with Gasteiger partial charge in [0.25, 0.3) is 0 Å². The number of aromatic nitrogens is 1. The fourth-order valence-corrected chi connectivity index (χ4v) is 2.51. The minimum Gasteiger partial charge on any atom is -0.335 e. The fraction of sp³-hybridized carbons (Fsp3) is 0.571. The molecule has 104 valence electrons. The van der Waals surface area contributed by atoms with Crippen LogP contribution in [0.25, 0.3) is 0 Å². The zero-order chi connectivity index (χ0) is 13.8. The number of carbonyl (C=O) groups excluding carboxylic acids is 1. The maximum absolute atomic E-state index is 12.5. The average Bonchev–Trinajstić information content (AvgIpc) is 2.42. The molecule has 0 aromatic carbocycles.